The van der Waals surface area contributed by atoms with Crippen molar-refractivity contribution in [3.63, 3.8) is 0 Å². The van der Waals surface area contributed by atoms with Gasteiger partial charge in [0.25, 0.3) is 0 Å². The molecule has 0 saturated heterocycles. The summed E-state index contributed by atoms with van der Waals surface area (Å²) in [4.78, 5) is 0. The SMILES string of the molecule is CC1=[C-]C(C)C(C)=C1C.CC1=[C-]C(C)C(C)=C1C.[Br-].[Br-].[Hf+4]. The molecule has 0 aromatic carbocycles. The molecule has 0 aromatic rings. The summed E-state index contributed by atoms with van der Waals surface area (Å²) in [5.74, 6) is 1.12. The fourth-order valence-corrected chi connectivity index (χ4v) is 2.32. The van der Waals surface area contributed by atoms with Crippen LogP contribution in [0, 0.1) is 24.0 Å². The fraction of sp³-hybridized carbons (Fsp3) is 0.556. The van der Waals surface area contributed by atoms with Gasteiger partial charge < -0.3 is 34.0 Å². The number of hydrogen-bond acceptors (Lipinski definition) is 0. The molecule has 2 rings (SSSR count). The predicted octanol–water partition coefficient (Wildman–Crippen LogP) is -0.551. The van der Waals surface area contributed by atoms with Crippen LogP contribution >= 0.6 is 0 Å². The standard InChI is InChI=1S/2C9H13.2BrH.Hf/c2*1-6-5-7(2)9(4)8(6)3;;;/h2*6H,1-4H3;2*1H;/q2*-1;;;+4/p-2. The van der Waals surface area contributed by atoms with Crippen LogP contribution in [0.2, 0.25) is 0 Å². The molecule has 0 saturated carbocycles. The van der Waals surface area contributed by atoms with Crippen LogP contribution in [0.4, 0.5) is 0 Å². The Morgan fingerprint density at radius 1 is 0.619 bits per heavy atom. The summed E-state index contributed by atoms with van der Waals surface area (Å²) in [6.07, 6.45) is 6.72. The molecule has 0 aromatic heterocycles. The molecule has 2 atom stereocenters. The number of allylic oxidation sites excluding steroid dienone is 8. The van der Waals surface area contributed by atoms with E-state index in [0.29, 0.717) is 11.8 Å². The Bertz CT molecular complexity index is 424. The molecule has 3 heteroatoms. The van der Waals surface area contributed by atoms with E-state index in [2.05, 4.69) is 67.5 Å². The van der Waals surface area contributed by atoms with Crippen molar-refractivity contribution in [1.82, 2.24) is 0 Å². The molecule has 0 radical (unpaired) electrons. The Balaban J connectivity index is -0.000000270. The van der Waals surface area contributed by atoms with Crippen molar-refractivity contribution in [2.24, 2.45) is 11.8 Å². The van der Waals surface area contributed by atoms with Gasteiger partial charge in [0.15, 0.2) is 0 Å². The van der Waals surface area contributed by atoms with Crippen molar-refractivity contribution >= 4 is 0 Å². The third-order valence-corrected chi connectivity index (χ3v) is 4.47. The van der Waals surface area contributed by atoms with E-state index in [1.54, 1.807) is 0 Å². The molecule has 0 nitrogen and oxygen atoms in total. The molecular formula is C18H26Br2Hf. The minimum atomic E-state index is 0. The van der Waals surface area contributed by atoms with Gasteiger partial charge in [-0.3, -0.25) is 12.2 Å². The maximum Gasteiger partial charge on any atom is 4.00 e. The molecule has 0 bridgehead atoms. The summed E-state index contributed by atoms with van der Waals surface area (Å²) in [6, 6.07) is 0. The zero-order valence-corrected chi connectivity index (χ0v) is 21.2. The average Bonchev–Trinajstić information content (AvgIpc) is 2.66. The second-order valence-electron chi connectivity index (χ2n) is 5.60. The monoisotopic (exact) mass is 580 g/mol. The van der Waals surface area contributed by atoms with Crippen LogP contribution in [0.25, 0.3) is 0 Å². The van der Waals surface area contributed by atoms with Gasteiger partial charge in [-0.25, -0.2) is 11.1 Å². The molecule has 0 fully saturated rings. The van der Waals surface area contributed by atoms with Crippen LogP contribution in [-0.4, -0.2) is 0 Å². The molecular weight excluding hydrogens is 554 g/mol. The third-order valence-electron chi connectivity index (χ3n) is 4.47. The van der Waals surface area contributed by atoms with E-state index in [9.17, 15) is 0 Å². The van der Waals surface area contributed by atoms with E-state index in [1.165, 1.54) is 33.4 Å². The van der Waals surface area contributed by atoms with Crippen LogP contribution in [0.1, 0.15) is 55.4 Å². The predicted molar refractivity (Wildman–Crippen MR) is 79.9 cm³/mol. The van der Waals surface area contributed by atoms with E-state index >= 15 is 0 Å². The minimum absolute atomic E-state index is 0. The smallest absolute Gasteiger partial charge is 1.00 e. The van der Waals surface area contributed by atoms with Crippen molar-refractivity contribution in [2.75, 3.05) is 0 Å². The maximum atomic E-state index is 3.36. The van der Waals surface area contributed by atoms with Gasteiger partial charge >= 0.3 is 25.8 Å². The number of rotatable bonds is 0. The van der Waals surface area contributed by atoms with Gasteiger partial charge in [-0.1, -0.05) is 53.4 Å². The van der Waals surface area contributed by atoms with E-state index in [0.717, 1.165) is 0 Å². The maximum absolute atomic E-state index is 3.36. The Morgan fingerprint density at radius 3 is 0.905 bits per heavy atom. The van der Waals surface area contributed by atoms with Crippen molar-refractivity contribution in [2.45, 2.75) is 55.4 Å². The minimum Gasteiger partial charge on any atom is -1.00 e. The first kappa shape index (κ1) is 26.7. The molecule has 0 aliphatic heterocycles. The van der Waals surface area contributed by atoms with Gasteiger partial charge in [0.05, 0.1) is 0 Å². The molecule has 2 unspecified atom stereocenters. The molecule has 0 heterocycles. The quantitative estimate of drug-likeness (QED) is 0.267. The first-order chi connectivity index (χ1) is 8.25. The first-order valence-corrected chi connectivity index (χ1v) is 6.81. The van der Waals surface area contributed by atoms with Gasteiger partial charge in [-0.15, -0.1) is 13.8 Å². The normalized spacial score (nSPS) is 23.2. The van der Waals surface area contributed by atoms with Crippen LogP contribution in [0.3, 0.4) is 0 Å². The van der Waals surface area contributed by atoms with Crippen LogP contribution in [0.5, 0.6) is 0 Å². The molecule has 21 heavy (non-hydrogen) atoms. The number of hydrogen-bond donors (Lipinski definition) is 0. The zero-order valence-electron chi connectivity index (χ0n) is 14.4. The largest absolute Gasteiger partial charge is 4.00 e. The van der Waals surface area contributed by atoms with E-state index in [4.69, 9.17) is 0 Å². The van der Waals surface area contributed by atoms with Gasteiger partial charge in [-0.2, -0.15) is 22.3 Å². The van der Waals surface area contributed by atoms with E-state index in [-0.39, 0.29) is 59.8 Å². The Labute approximate surface area is 171 Å². The van der Waals surface area contributed by atoms with E-state index in [1.807, 2.05) is 0 Å². The summed E-state index contributed by atoms with van der Waals surface area (Å²) in [5, 5.41) is 0. The molecule has 0 spiro atoms. The van der Waals surface area contributed by atoms with Gasteiger partial charge in [-0.05, 0) is 0 Å². The van der Waals surface area contributed by atoms with Gasteiger partial charge in [0.2, 0.25) is 0 Å². The van der Waals surface area contributed by atoms with Crippen LogP contribution in [-0.2, 0) is 25.8 Å². The molecule has 0 N–H and O–H groups in total. The van der Waals surface area contributed by atoms with Crippen LogP contribution < -0.4 is 34.0 Å². The topological polar surface area (TPSA) is 0 Å². The van der Waals surface area contributed by atoms with Crippen molar-refractivity contribution in [3.8, 4) is 0 Å². The fourth-order valence-electron chi connectivity index (χ4n) is 2.32. The first-order valence-electron chi connectivity index (χ1n) is 6.81. The summed E-state index contributed by atoms with van der Waals surface area (Å²) in [6.45, 7) is 17.3. The van der Waals surface area contributed by atoms with Gasteiger partial charge in [0.1, 0.15) is 0 Å². The molecule has 0 amide bonds. The average molecular weight is 581 g/mol. The summed E-state index contributed by atoms with van der Waals surface area (Å²) < 4.78 is 0. The molecule has 2 aliphatic rings. The Morgan fingerprint density at radius 2 is 0.857 bits per heavy atom. The van der Waals surface area contributed by atoms with Crippen LogP contribution in [0.15, 0.2) is 33.4 Å². The number of halogens is 2. The third kappa shape index (κ3) is 6.83. The summed E-state index contributed by atoms with van der Waals surface area (Å²) in [5.41, 5.74) is 8.49. The van der Waals surface area contributed by atoms with Crippen molar-refractivity contribution in [1.29, 1.82) is 0 Å². The Kier molecular flexibility index (Phi) is 14.4. The summed E-state index contributed by atoms with van der Waals surface area (Å²) in [7, 11) is 0. The van der Waals surface area contributed by atoms with E-state index < -0.39 is 0 Å². The Hall–Kier alpha value is 0.790. The second-order valence-corrected chi connectivity index (χ2v) is 5.60. The second kappa shape index (κ2) is 11.3. The summed E-state index contributed by atoms with van der Waals surface area (Å²) >= 11 is 0. The van der Waals surface area contributed by atoms with Crippen molar-refractivity contribution < 1.29 is 59.8 Å². The molecule has 116 valence electrons. The molecule has 2 aliphatic carbocycles. The van der Waals surface area contributed by atoms with Gasteiger partial charge in [0, 0.05) is 0 Å². The van der Waals surface area contributed by atoms with Crippen molar-refractivity contribution in [3.05, 3.63) is 45.6 Å². The zero-order chi connectivity index (χ0) is 14.0.